The molecule has 3 heterocycles. The van der Waals surface area contributed by atoms with Crippen LogP contribution in [0.1, 0.15) is 25.5 Å². The van der Waals surface area contributed by atoms with E-state index in [1.165, 1.54) is 12.1 Å². The van der Waals surface area contributed by atoms with Gasteiger partial charge in [0.1, 0.15) is 11.5 Å². The minimum atomic E-state index is -0.303. The van der Waals surface area contributed by atoms with Gasteiger partial charge in [-0.25, -0.2) is 9.07 Å². The van der Waals surface area contributed by atoms with Crippen molar-refractivity contribution in [3.8, 4) is 16.9 Å². The van der Waals surface area contributed by atoms with Gasteiger partial charge in [-0.1, -0.05) is 5.21 Å². The number of nitrogens with zero attached hydrogens (tertiary/aromatic N) is 5. The smallest absolute Gasteiger partial charge is 0.310 e. The Morgan fingerprint density at radius 3 is 2.70 bits per heavy atom. The minimum absolute atomic E-state index is 0.116. The van der Waals surface area contributed by atoms with Crippen LogP contribution in [-0.2, 0) is 16.1 Å². The van der Waals surface area contributed by atoms with E-state index in [0.717, 1.165) is 42.0 Å². The van der Waals surface area contributed by atoms with Crippen LogP contribution in [-0.4, -0.2) is 50.5 Å². The molecular formula is C22H24FN5O2. The number of likely N-dealkylation sites (tertiary alicyclic amines) is 1. The molecule has 2 aromatic heterocycles. The molecule has 156 valence electrons. The Morgan fingerprint density at radius 2 is 1.97 bits per heavy atom. The van der Waals surface area contributed by atoms with Gasteiger partial charge >= 0.3 is 5.97 Å². The zero-order valence-electron chi connectivity index (χ0n) is 16.9. The minimum Gasteiger partial charge on any atom is -0.466 e. The molecule has 8 heteroatoms. The Balaban J connectivity index is 1.63. The first-order valence-electron chi connectivity index (χ1n) is 10.2. The lowest BCUT2D eigenvalue weighted by Crippen LogP contribution is -2.39. The van der Waals surface area contributed by atoms with Crippen molar-refractivity contribution in [2.45, 2.75) is 26.3 Å². The molecule has 4 rings (SSSR count). The predicted molar refractivity (Wildman–Crippen MR) is 109 cm³/mol. The first kappa shape index (κ1) is 20.2. The van der Waals surface area contributed by atoms with Crippen molar-refractivity contribution >= 4 is 5.97 Å². The topological polar surface area (TPSA) is 73.1 Å². The van der Waals surface area contributed by atoms with Gasteiger partial charge in [0.15, 0.2) is 0 Å². The number of piperidine rings is 1. The summed E-state index contributed by atoms with van der Waals surface area (Å²) < 4.78 is 20.3. The van der Waals surface area contributed by atoms with E-state index in [2.05, 4.69) is 20.2 Å². The quantitative estimate of drug-likeness (QED) is 0.582. The van der Waals surface area contributed by atoms with E-state index in [-0.39, 0.29) is 17.7 Å². The lowest BCUT2D eigenvalue weighted by atomic mass is 9.98. The van der Waals surface area contributed by atoms with Gasteiger partial charge in [-0.2, -0.15) is 0 Å². The number of hydrogen-bond donors (Lipinski definition) is 0. The number of rotatable bonds is 6. The molecule has 3 aromatic rings. The van der Waals surface area contributed by atoms with E-state index in [0.29, 0.717) is 19.7 Å². The zero-order valence-corrected chi connectivity index (χ0v) is 16.9. The molecule has 1 saturated heterocycles. The second kappa shape index (κ2) is 9.13. The maximum Gasteiger partial charge on any atom is 0.310 e. The van der Waals surface area contributed by atoms with Crippen molar-refractivity contribution in [3.05, 3.63) is 60.3 Å². The highest BCUT2D eigenvalue weighted by molar-refractivity contribution is 5.72. The summed E-state index contributed by atoms with van der Waals surface area (Å²) in [4.78, 5) is 18.5. The van der Waals surface area contributed by atoms with E-state index >= 15 is 0 Å². The lowest BCUT2D eigenvalue weighted by Gasteiger charge is -2.31. The molecular weight excluding hydrogens is 385 g/mol. The molecule has 0 aliphatic carbocycles. The third-order valence-corrected chi connectivity index (χ3v) is 5.26. The number of hydrogen-bond acceptors (Lipinski definition) is 6. The van der Waals surface area contributed by atoms with E-state index in [4.69, 9.17) is 4.74 Å². The van der Waals surface area contributed by atoms with Crippen LogP contribution in [0.25, 0.3) is 16.9 Å². The molecule has 0 radical (unpaired) electrons. The summed E-state index contributed by atoms with van der Waals surface area (Å²) in [5.41, 5.74) is 3.29. The van der Waals surface area contributed by atoms with Gasteiger partial charge in [0.2, 0.25) is 0 Å². The van der Waals surface area contributed by atoms with Gasteiger partial charge in [0, 0.05) is 31.0 Å². The molecule has 7 nitrogen and oxygen atoms in total. The van der Waals surface area contributed by atoms with Gasteiger partial charge in [-0.3, -0.25) is 14.7 Å². The molecule has 30 heavy (non-hydrogen) atoms. The van der Waals surface area contributed by atoms with Crippen molar-refractivity contribution in [2.24, 2.45) is 5.92 Å². The molecule has 1 aliphatic heterocycles. The van der Waals surface area contributed by atoms with Crippen LogP contribution in [0.5, 0.6) is 0 Å². The fourth-order valence-corrected chi connectivity index (χ4v) is 3.84. The highest BCUT2D eigenvalue weighted by Gasteiger charge is 2.28. The molecule has 0 N–H and O–H groups in total. The second-order valence-corrected chi connectivity index (χ2v) is 7.34. The molecule has 1 aliphatic rings. The Hall–Kier alpha value is -3.13. The highest BCUT2D eigenvalue weighted by Crippen LogP contribution is 2.27. The summed E-state index contributed by atoms with van der Waals surface area (Å²) in [6, 6.07) is 9.97. The molecule has 0 amide bonds. The van der Waals surface area contributed by atoms with Crippen LogP contribution in [0.4, 0.5) is 4.39 Å². The van der Waals surface area contributed by atoms with Crippen LogP contribution in [0.3, 0.4) is 0 Å². The number of esters is 1. The maximum atomic E-state index is 13.4. The first-order valence-corrected chi connectivity index (χ1v) is 10.2. The zero-order chi connectivity index (χ0) is 20.9. The van der Waals surface area contributed by atoms with Crippen LogP contribution in [0.15, 0.2) is 48.8 Å². The Bertz CT molecular complexity index is 991. The van der Waals surface area contributed by atoms with Crippen molar-refractivity contribution in [2.75, 3.05) is 19.7 Å². The largest absolute Gasteiger partial charge is 0.466 e. The van der Waals surface area contributed by atoms with Gasteiger partial charge in [-0.05, 0) is 62.7 Å². The normalized spacial score (nSPS) is 17.1. The Morgan fingerprint density at radius 1 is 1.20 bits per heavy atom. The Kier molecular flexibility index (Phi) is 6.13. The maximum absolute atomic E-state index is 13.4. The summed E-state index contributed by atoms with van der Waals surface area (Å²) in [6.45, 7) is 4.31. The summed E-state index contributed by atoms with van der Waals surface area (Å²) in [6.07, 6.45) is 5.21. The SMILES string of the molecule is CCOC(=O)C1CCCN(Cc2nnn(-c3ccc(F)cc3)c2-c2ccncc2)C1. The number of halogens is 1. The number of aromatic nitrogens is 4. The Labute approximate surface area is 174 Å². The molecule has 1 fully saturated rings. The van der Waals surface area contributed by atoms with Crippen LogP contribution in [0, 0.1) is 11.7 Å². The summed E-state index contributed by atoms with van der Waals surface area (Å²) in [5.74, 6) is -0.551. The number of carbonyl (C=O) groups is 1. The van der Waals surface area contributed by atoms with E-state index in [9.17, 15) is 9.18 Å². The molecule has 0 bridgehead atoms. The van der Waals surface area contributed by atoms with Crippen molar-refractivity contribution in [1.82, 2.24) is 24.9 Å². The third-order valence-electron chi connectivity index (χ3n) is 5.26. The van der Waals surface area contributed by atoms with Crippen LogP contribution < -0.4 is 0 Å². The summed E-state index contributed by atoms with van der Waals surface area (Å²) in [7, 11) is 0. The van der Waals surface area contributed by atoms with Gasteiger partial charge in [0.25, 0.3) is 0 Å². The van der Waals surface area contributed by atoms with Gasteiger partial charge in [0.05, 0.1) is 23.9 Å². The van der Waals surface area contributed by atoms with Crippen molar-refractivity contribution in [3.63, 3.8) is 0 Å². The number of carbonyl (C=O) groups excluding carboxylic acids is 1. The number of benzene rings is 1. The standard InChI is InChI=1S/C22H24FN5O2/c1-2-30-22(29)17-4-3-13-27(14-17)15-20-21(16-9-11-24-12-10-16)28(26-25-20)19-7-5-18(23)6-8-19/h5-12,17H,2-4,13-15H2,1H3. The lowest BCUT2D eigenvalue weighted by molar-refractivity contribution is -0.150. The van der Waals surface area contributed by atoms with Gasteiger partial charge in [-0.15, -0.1) is 5.10 Å². The number of pyridine rings is 1. The first-order chi connectivity index (χ1) is 14.7. The highest BCUT2D eigenvalue weighted by atomic mass is 19.1. The monoisotopic (exact) mass is 409 g/mol. The fraction of sp³-hybridized carbons (Fsp3) is 0.364. The molecule has 0 spiro atoms. The average Bonchev–Trinajstić information content (AvgIpc) is 3.18. The molecule has 0 saturated carbocycles. The molecule has 1 aromatic carbocycles. The molecule has 1 unspecified atom stereocenters. The number of ether oxygens (including phenoxy) is 1. The van der Waals surface area contributed by atoms with Crippen molar-refractivity contribution in [1.29, 1.82) is 0 Å². The summed E-state index contributed by atoms with van der Waals surface area (Å²) in [5, 5.41) is 8.78. The summed E-state index contributed by atoms with van der Waals surface area (Å²) >= 11 is 0. The van der Waals surface area contributed by atoms with Crippen LogP contribution in [0.2, 0.25) is 0 Å². The predicted octanol–water partition coefficient (Wildman–Crippen LogP) is 3.24. The second-order valence-electron chi connectivity index (χ2n) is 7.34. The van der Waals surface area contributed by atoms with E-state index < -0.39 is 0 Å². The molecule has 1 atom stereocenters. The van der Waals surface area contributed by atoms with E-state index in [1.54, 1.807) is 29.2 Å². The van der Waals surface area contributed by atoms with Gasteiger partial charge < -0.3 is 4.74 Å². The van der Waals surface area contributed by atoms with Crippen LogP contribution >= 0.6 is 0 Å². The van der Waals surface area contributed by atoms with E-state index in [1.807, 2.05) is 19.1 Å². The third kappa shape index (κ3) is 4.38. The van der Waals surface area contributed by atoms with Crippen molar-refractivity contribution < 1.29 is 13.9 Å². The fourth-order valence-electron chi connectivity index (χ4n) is 3.84. The average molecular weight is 409 g/mol.